The van der Waals surface area contributed by atoms with Crippen molar-refractivity contribution >= 4 is 11.4 Å². The zero-order valence-corrected chi connectivity index (χ0v) is 13.0. The maximum atomic E-state index is 11.2. The number of nitrogens with zero attached hydrogens (tertiary/aromatic N) is 2. The second-order valence-electron chi connectivity index (χ2n) is 6.01. The lowest BCUT2D eigenvalue weighted by atomic mass is 10.0. The van der Waals surface area contributed by atoms with Crippen LogP contribution in [0.5, 0.6) is 0 Å². The van der Waals surface area contributed by atoms with E-state index in [2.05, 4.69) is 24.1 Å². The lowest BCUT2D eigenvalue weighted by molar-refractivity contribution is -0.384. The van der Waals surface area contributed by atoms with Gasteiger partial charge in [0, 0.05) is 18.7 Å². The normalized spacial score (nSPS) is 12.8. The van der Waals surface area contributed by atoms with E-state index in [1.54, 1.807) is 12.1 Å². The minimum Gasteiger partial charge on any atom is -0.375 e. The molecule has 0 aromatic heterocycles. The van der Waals surface area contributed by atoms with Gasteiger partial charge in [0.2, 0.25) is 0 Å². The summed E-state index contributed by atoms with van der Waals surface area (Å²) < 4.78 is 0. The highest BCUT2D eigenvalue weighted by molar-refractivity contribution is 5.63. The quantitative estimate of drug-likeness (QED) is 0.614. The summed E-state index contributed by atoms with van der Waals surface area (Å²) in [7, 11) is 4.02. The molecule has 1 atom stereocenters. The molecule has 1 aromatic carbocycles. The third kappa shape index (κ3) is 5.17. The molecule has 1 unspecified atom stereocenters. The van der Waals surface area contributed by atoms with Crippen molar-refractivity contribution in [3.63, 3.8) is 0 Å². The van der Waals surface area contributed by atoms with Crippen molar-refractivity contribution in [2.45, 2.75) is 33.2 Å². The van der Waals surface area contributed by atoms with Gasteiger partial charge >= 0.3 is 0 Å². The predicted molar refractivity (Wildman–Crippen MR) is 83.3 cm³/mol. The van der Waals surface area contributed by atoms with E-state index in [-0.39, 0.29) is 16.7 Å². The number of likely N-dealkylation sites (N-methyl/N-ethyl adjacent to an activating group) is 1. The molecule has 5 nitrogen and oxygen atoms in total. The van der Waals surface area contributed by atoms with Gasteiger partial charge in [0.25, 0.3) is 5.69 Å². The highest BCUT2D eigenvalue weighted by Crippen LogP contribution is 2.27. The van der Waals surface area contributed by atoms with Gasteiger partial charge in [-0.05, 0) is 45.0 Å². The fourth-order valence-corrected chi connectivity index (χ4v) is 2.32. The van der Waals surface area contributed by atoms with Crippen LogP contribution in [0.1, 0.15) is 25.8 Å². The van der Waals surface area contributed by atoms with Crippen LogP contribution in [0.4, 0.5) is 11.4 Å². The van der Waals surface area contributed by atoms with E-state index in [4.69, 9.17) is 0 Å². The van der Waals surface area contributed by atoms with Crippen LogP contribution in [0.15, 0.2) is 18.2 Å². The van der Waals surface area contributed by atoms with Gasteiger partial charge in [-0.15, -0.1) is 0 Å². The van der Waals surface area contributed by atoms with E-state index in [9.17, 15) is 10.1 Å². The van der Waals surface area contributed by atoms with E-state index in [0.717, 1.165) is 18.5 Å². The monoisotopic (exact) mass is 279 g/mol. The van der Waals surface area contributed by atoms with Crippen LogP contribution >= 0.6 is 0 Å². The second-order valence-corrected chi connectivity index (χ2v) is 6.01. The molecule has 0 bridgehead atoms. The summed E-state index contributed by atoms with van der Waals surface area (Å²) in [5.41, 5.74) is 1.65. The fourth-order valence-electron chi connectivity index (χ4n) is 2.32. The van der Waals surface area contributed by atoms with Crippen LogP contribution in [-0.4, -0.2) is 36.5 Å². The largest absolute Gasteiger partial charge is 0.375 e. The Bertz CT molecular complexity index is 448. The van der Waals surface area contributed by atoms with E-state index in [1.165, 1.54) is 0 Å². The summed E-state index contributed by atoms with van der Waals surface area (Å²) in [5, 5.41) is 14.5. The summed E-state index contributed by atoms with van der Waals surface area (Å²) in [6, 6.07) is 5.52. The Labute approximate surface area is 121 Å². The standard InChI is InChI=1S/C15H25N3O2/c1-11(2)8-13(10-17(4)5)16-14-7-6-12(3)9-15(14)18(19)20/h6-7,9,11,13,16H,8,10H2,1-5H3. The number of nitro groups is 1. The molecular formula is C15H25N3O2. The Hall–Kier alpha value is -1.62. The minimum atomic E-state index is -0.322. The Morgan fingerprint density at radius 2 is 2.00 bits per heavy atom. The first-order valence-electron chi connectivity index (χ1n) is 6.96. The molecule has 0 aliphatic heterocycles. The molecule has 0 aliphatic rings. The highest BCUT2D eigenvalue weighted by Gasteiger charge is 2.18. The molecule has 0 amide bonds. The first-order chi connectivity index (χ1) is 9.29. The molecule has 1 N–H and O–H groups in total. The van der Waals surface area contributed by atoms with Crippen molar-refractivity contribution in [1.29, 1.82) is 0 Å². The Morgan fingerprint density at radius 1 is 1.35 bits per heavy atom. The Balaban J connectivity index is 2.94. The van der Waals surface area contributed by atoms with Gasteiger partial charge in [0.15, 0.2) is 0 Å². The molecule has 112 valence electrons. The predicted octanol–water partition coefficient (Wildman–Crippen LogP) is 3.29. The molecule has 0 saturated heterocycles. The number of nitro benzene ring substituents is 1. The van der Waals surface area contributed by atoms with Crippen LogP contribution in [0, 0.1) is 23.0 Å². The number of rotatable bonds is 7. The van der Waals surface area contributed by atoms with Crippen molar-refractivity contribution in [2.75, 3.05) is 26.0 Å². The Kier molecular flexibility index (Phi) is 5.95. The molecule has 0 fully saturated rings. The average molecular weight is 279 g/mol. The average Bonchev–Trinajstić information content (AvgIpc) is 2.29. The third-order valence-corrected chi connectivity index (χ3v) is 3.05. The Morgan fingerprint density at radius 3 is 2.50 bits per heavy atom. The number of hydrogen-bond donors (Lipinski definition) is 1. The molecule has 0 spiro atoms. The molecule has 1 aromatic rings. The molecule has 20 heavy (non-hydrogen) atoms. The van der Waals surface area contributed by atoms with Crippen molar-refractivity contribution in [3.8, 4) is 0 Å². The summed E-state index contributed by atoms with van der Waals surface area (Å²) >= 11 is 0. The van der Waals surface area contributed by atoms with Crippen LogP contribution < -0.4 is 5.32 Å². The van der Waals surface area contributed by atoms with Gasteiger partial charge in [0.1, 0.15) is 5.69 Å². The molecule has 0 saturated carbocycles. The van der Waals surface area contributed by atoms with Gasteiger partial charge in [-0.3, -0.25) is 10.1 Å². The molecule has 0 radical (unpaired) electrons. The van der Waals surface area contributed by atoms with Crippen molar-refractivity contribution < 1.29 is 4.92 Å². The number of anilines is 1. The first-order valence-corrected chi connectivity index (χ1v) is 6.96. The molecule has 0 heterocycles. The number of nitrogens with one attached hydrogen (secondary N) is 1. The van der Waals surface area contributed by atoms with E-state index in [1.807, 2.05) is 27.1 Å². The van der Waals surface area contributed by atoms with Gasteiger partial charge in [-0.1, -0.05) is 19.9 Å². The SMILES string of the molecule is Cc1ccc(NC(CC(C)C)CN(C)C)c([N+](=O)[O-])c1. The molecule has 0 aliphatic carbocycles. The number of aryl methyl sites for hydroxylation is 1. The van der Waals surface area contributed by atoms with Gasteiger partial charge < -0.3 is 10.2 Å². The topological polar surface area (TPSA) is 58.4 Å². The van der Waals surface area contributed by atoms with Crippen LogP contribution in [0.25, 0.3) is 0 Å². The highest BCUT2D eigenvalue weighted by atomic mass is 16.6. The summed E-state index contributed by atoms with van der Waals surface area (Å²) in [6.45, 7) is 7.03. The van der Waals surface area contributed by atoms with E-state index >= 15 is 0 Å². The molecule has 5 heteroatoms. The maximum Gasteiger partial charge on any atom is 0.292 e. The molecule has 1 rings (SSSR count). The fraction of sp³-hybridized carbons (Fsp3) is 0.600. The third-order valence-electron chi connectivity index (χ3n) is 3.05. The lowest BCUT2D eigenvalue weighted by Gasteiger charge is -2.24. The molecular weight excluding hydrogens is 254 g/mol. The van der Waals surface area contributed by atoms with Crippen LogP contribution in [-0.2, 0) is 0 Å². The second kappa shape index (κ2) is 7.24. The lowest BCUT2D eigenvalue weighted by Crippen LogP contribution is -2.33. The van der Waals surface area contributed by atoms with E-state index in [0.29, 0.717) is 11.6 Å². The van der Waals surface area contributed by atoms with Gasteiger partial charge in [0.05, 0.1) is 4.92 Å². The smallest absolute Gasteiger partial charge is 0.292 e. The zero-order chi connectivity index (χ0) is 15.3. The van der Waals surface area contributed by atoms with Gasteiger partial charge in [-0.2, -0.15) is 0 Å². The van der Waals surface area contributed by atoms with Crippen LogP contribution in [0.2, 0.25) is 0 Å². The van der Waals surface area contributed by atoms with Crippen molar-refractivity contribution in [2.24, 2.45) is 5.92 Å². The van der Waals surface area contributed by atoms with Crippen LogP contribution in [0.3, 0.4) is 0 Å². The zero-order valence-electron chi connectivity index (χ0n) is 13.0. The number of hydrogen-bond acceptors (Lipinski definition) is 4. The summed E-state index contributed by atoms with van der Waals surface area (Å²) in [5.74, 6) is 0.539. The first kappa shape index (κ1) is 16.4. The minimum absolute atomic E-state index is 0.150. The van der Waals surface area contributed by atoms with Gasteiger partial charge in [-0.25, -0.2) is 0 Å². The van der Waals surface area contributed by atoms with Crippen molar-refractivity contribution in [3.05, 3.63) is 33.9 Å². The summed E-state index contributed by atoms with van der Waals surface area (Å²) in [4.78, 5) is 12.9. The maximum absolute atomic E-state index is 11.2. The van der Waals surface area contributed by atoms with Crippen molar-refractivity contribution in [1.82, 2.24) is 4.90 Å². The number of benzene rings is 1. The van der Waals surface area contributed by atoms with E-state index < -0.39 is 0 Å². The summed E-state index contributed by atoms with van der Waals surface area (Å²) in [6.07, 6.45) is 0.975.